The Hall–Kier alpha value is -1.16. The predicted molar refractivity (Wildman–Crippen MR) is 59.2 cm³/mol. The van der Waals surface area contributed by atoms with E-state index >= 15 is 0 Å². The molecule has 0 unspecified atom stereocenters. The molecule has 0 aromatic carbocycles. The Morgan fingerprint density at radius 1 is 1.40 bits per heavy atom. The number of unbranched alkanes of at least 4 members (excludes halogenated alkanes) is 3. The second kappa shape index (κ2) is 7.17. The lowest BCUT2D eigenvalue weighted by Gasteiger charge is -1.99. The van der Waals surface area contributed by atoms with Crippen LogP contribution in [0.15, 0.2) is 18.3 Å². The van der Waals surface area contributed by atoms with Gasteiger partial charge in [0.05, 0.1) is 12.8 Å². The van der Waals surface area contributed by atoms with Crippen LogP contribution in [0, 0.1) is 0 Å². The highest BCUT2D eigenvalue weighted by molar-refractivity contribution is 4.88. The molecule has 0 saturated carbocycles. The molecule has 1 aromatic rings. The van der Waals surface area contributed by atoms with Gasteiger partial charge in [-0.15, -0.1) is 5.10 Å². The van der Waals surface area contributed by atoms with Gasteiger partial charge in [0, 0.05) is 6.54 Å². The number of hydrogen-bond donors (Lipinski definition) is 1. The third-order valence-electron chi connectivity index (χ3n) is 2.24. The molecule has 4 nitrogen and oxygen atoms in total. The van der Waals surface area contributed by atoms with Gasteiger partial charge in [-0.1, -0.05) is 23.8 Å². The topological polar surface area (TPSA) is 50.9 Å². The Kier molecular flexibility index (Phi) is 5.70. The maximum absolute atomic E-state index is 8.80. The molecule has 0 aliphatic rings. The first-order chi connectivity index (χ1) is 7.36. The van der Waals surface area contributed by atoms with E-state index in [9.17, 15) is 0 Å². The van der Waals surface area contributed by atoms with Gasteiger partial charge in [-0.05, 0) is 26.2 Å². The first kappa shape index (κ1) is 11.9. The zero-order valence-electron chi connectivity index (χ0n) is 9.26. The summed E-state index contributed by atoms with van der Waals surface area (Å²) in [6, 6.07) is 0. The van der Waals surface area contributed by atoms with E-state index in [2.05, 4.69) is 22.5 Å². The highest BCUT2D eigenvalue weighted by Gasteiger charge is 1.97. The Labute approximate surface area is 90.6 Å². The standard InChI is InChI=1S/C11H19N3O/c1-2-3-4-5-6-7-8-14-9-11(10-15)12-13-14/h2-3,9,15H,4-8,10H2,1H3/b3-2+. The summed E-state index contributed by atoms with van der Waals surface area (Å²) in [6.45, 7) is 2.91. The monoisotopic (exact) mass is 209 g/mol. The first-order valence-corrected chi connectivity index (χ1v) is 5.48. The molecule has 0 aliphatic carbocycles. The lowest BCUT2D eigenvalue weighted by Crippen LogP contribution is -1.98. The minimum Gasteiger partial charge on any atom is -0.390 e. The van der Waals surface area contributed by atoms with Crippen molar-refractivity contribution in [2.75, 3.05) is 0 Å². The third-order valence-corrected chi connectivity index (χ3v) is 2.24. The molecular formula is C11H19N3O. The van der Waals surface area contributed by atoms with Crippen LogP contribution in [0.3, 0.4) is 0 Å². The number of allylic oxidation sites excluding steroid dienone is 2. The highest BCUT2D eigenvalue weighted by atomic mass is 16.3. The summed E-state index contributed by atoms with van der Waals surface area (Å²) in [6.07, 6.45) is 10.8. The van der Waals surface area contributed by atoms with Gasteiger partial charge in [0.2, 0.25) is 0 Å². The van der Waals surface area contributed by atoms with Gasteiger partial charge >= 0.3 is 0 Å². The molecule has 0 spiro atoms. The normalized spacial score (nSPS) is 11.3. The van der Waals surface area contributed by atoms with E-state index < -0.39 is 0 Å². The molecule has 0 saturated heterocycles. The number of hydrogen-bond acceptors (Lipinski definition) is 3. The summed E-state index contributed by atoms with van der Waals surface area (Å²) in [5.41, 5.74) is 0.643. The van der Waals surface area contributed by atoms with Gasteiger partial charge in [0.25, 0.3) is 0 Å². The number of nitrogens with zero attached hydrogens (tertiary/aromatic N) is 3. The van der Waals surface area contributed by atoms with Crippen LogP contribution in [0.1, 0.15) is 38.3 Å². The van der Waals surface area contributed by atoms with Crippen molar-refractivity contribution in [1.29, 1.82) is 0 Å². The number of aromatic nitrogens is 3. The summed E-state index contributed by atoms with van der Waals surface area (Å²) in [5, 5.41) is 16.5. The van der Waals surface area contributed by atoms with Crippen LogP contribution in [-0.4, -0.2) is 20.1 Å². The molecular weight excluding hydrogens is 190 g/mol. The van der Waals surface area contributed by atoms with Gasteiger partial charge in [-0.2, -0.15) is 0 Å². The van der Waals surface area contributed by atoms with Gasteiger partial charge in [0.15, 0.2) is 0 Å². The summed E-state index contributed by atoms with van der Waals surface area (Å²) in [5.74, 6) is 0. The van der Waals surface area contributed by atoms with E-state index in [1.807, 2.05) is 6.92 Å². The predicted octanol–water partition coefficient (Wildman–Crippen LogP) is 1.91. The van der Waals surface area contributed by atoms with Crippen LogP contribution >= 0.6 is 0 Å². The maximum Gasteiger partial charge on any atom is 0.108 e. The molecule has 1 rings (SSSR count). The highest BCUT2D eigenvalue weighted by Crippen LogP contribution is 2.03. The molecule has 84 valence electrons. The molecule has 0 radical (unpaired) electrons. The van der Waals surface area contributed by atoms with Gasteiger partial charge < -0.3 is 5.11 Å². The van der Waals surface area contributed by atoms with Crippen molar-refractivity contribution in [3.05, 3.63) is 24.0 Å². The zero-order chi connectivity index (χ0) is 10.9. The molecule has 0 fully saturated rings. The fraction of sp³-hybridized carbons (Fsp3) is 0.636. The van der Waals surface area contributed by atoms with E-state index in [1.165, 1.54) is 12.8 Å². The Balaban J connectivity index is 2.09. The summed E-state index contributed by atoms with van der Waals surface area (Å²) in [4.78, 5) is 0. The smallest absolute Gasteiger partial charge is 0.108 e. The Bertz CT molecular complexity index is 294. The van der Waals surface area contributed by atoms with Crippen LogP contribution in [0.5, 0.6) is 0 Å². The van der Waals surface area contributed by atoms with Crippen molar-refractivity contribution >= 4 is 0 Å². The van der Waals surface area contributed by atoms with Gasteiger partial charge in [-0.25, -0.2) is 0 Å². The van der Waals surface area contributed by atoms with E-state index in [0.29, 0.717) is 5.69 Å². The summed E-state index contributed by atoms with van der Waals surface area (Å²) >= 11 is 0. The second-order valence-electron chi connectivity index (χ2n) is 3.55. The third kappa shape index (κ3) is 4.74. The van der Waals surface area contributed by atoms with Crippen LogP contribution in [0.2, 0.25) is 0 Å². The van der Waals surface area contributed by atoms with E-state index in [1.54, 1.807) is 10.9 Å². The molecule has 0 atom stereocenters. The van der Waals surface area contributed by atoms with Gasteiger partial charge in [0.1, 0.15) is 5.69 Å². The summed E-state index contributed by atoms with van der Waals surface area (Å²) in [7, 11) is 0. The number of aliphatic hydroxyl groups excluding tert-OH is 1. The lowest BCUT2D eigenvalue weighted by atomic mass is 10.2. The van der Waals surface area contributed by atoms with Crippen LogP contribution in [0.25, 0.3) is 0 Å². The number of aliphatic hydroxyl groups is 1. The molecule has 1 heterocycles. The van der Waals surface area contributed by atoms with Crippen molar-refractivity contribution in [2.45, 2.75) is 45.8 Å². The number of aryl methyl sites for hydroxylation is 1. The van der Waals surface area contributed by atoms with E-state index in [-0.39, 0.29) is 6.61 Å². The maximum atomic E-state index is 8.80. The van der Waals surface area contributed by atoms with E-state index in [4.69, 9.17) is 5.11 Å². The summed E-state index contributed by atoms with van der Waals surface area (Å²) < 4.78 is 1.79. The SMILES string of the molecule is C/C=C/CCCCCn1cc(CO)nn1. The molecule has 4 heteroatoms. The quantitative estimate of drug-likeness (QED) is 0.551. The average Bonchev–Trinajstić information content (AvgIpc) is 2.71. The minimum absolute atomic E-state index is 0.0265. The van der Waals surface area contributed by atoms with Crippen molar-refractivity contribution < 1.29 is 5.11 Å². The van der Waals surface area contributed by atoms with Crippen molar-refractivity contribution in [1.82, 2.24) is 15.0 Å². The molecule has 15 heavy (non-hydrogen) atoms. The van der Waals surface area contributed by atoms with Crippen molar-refractivity contribution in [2.24, 2.45) is 0 Å². The number of rotatable bonds is 7. The molecule has 1 aromatic heterocycles. The Morgan fingerprint density at radius 2 is 2.27 bits per heavy atom. The van der Waals surface area contributed by atoms with Crippen molar-refractivity contribution in [3.8, 4) is 0 Å². The van der Waals surface area contributed by atoms with Gasteiger partial charge in [-0.3, -0.25) is 4.68 Å². The fourth-order valence-corrected chi connectivity index (χ4v) is 1.40. The zero-order valence-corrected chi connectivity index (χ0v) is 9.26. The first-order valence-electron chi connectivity index (χ1n) is 5.48. The molecule has 0 aliphatic heterocycles. The molecule has 1 N–H and O–H groups in total. The Morgan fingerprint density at radius 3 is 2.93 bits per heavy atom. The average molecular weight is 209 g/mol. The van der Waals surface area contributed by atoms with Crippen LogP contribution in [-0.2, 0) is 13.2 Å². The largest absolute Gasteiger partial charge is 0.390 e. The molecule has 0 amide bonds. The van der Waals surface area contributed by atoms with Crippen molar-refractivity contribution in [3.63, 3.8) is 0 Å². The van der Waals surface area contributed by atoms with Crippen LogP contribution in [0.4, 0.5) is 0 Å². The minimum atomic E-state index is -0.0265. The van der Waals surface area contributed by atoms with Crippen LogP contribution < -0.4 is 0 Å². The molecule has 0 bridgehead atoms. The fourth-order valence-electron chi connectivity index (χ4n) is 1.40. The second-order valence-corrected chi connectivity index (χ2v) is 3.55. The lowest BCUT2D eigenvalue weighted by molar-refractivity contribution is 0.276. The van der Waals surface area contributed by atoms with E-state index in [0.717, 1.165) is 19.4 Å².